The average Bonchev–Trinajstić information content (AvgIpc) is 2.83. The molecule has 0 aromatic heterocycles. The quantitative estimate of drug-likeness (QED) is 0.101. The Labute approximate surface area is 217 Å². The third kappa shape index (κ3) is 32.0. The fourth-order valence-electron chi connectivity index (χ4n) is 5.29. The van der Waals surface area contributed by atoms with Crippen molar-refractivity contribution in [3.05, 3.63) is 0 Å². The molecule has 0 aliphatic rings. The van der Waals surface area contributed by atoms with Crippen LogP contribution in [0.4, 0.5) is 0 Å². The van der Waals surface area contributed by atoms with E-state index in [1.165, 1.54) is 186 Å². The molecule has 0 aliphatic heterocycles. The first-order valence-corrected chi connectivity index (χ1v) is 16.5. The van der Waals surface area contributed by atoms with Crippen LogP contribution < -0.4 is 0 Å². The molecule has 0 aromatic rings. The third-order valence-corrected chi connectivity index (χ3v) is 7.73. The van der Waals surface area contributed by atoms with E-state index >= 15 is 0 Å². The molecule has 1 atom stereocenters. The van der Waals surface area contributed by atoms with Gasteiger partial charge < -0.3 is 5.11 Å². The minimum absolute atomic E-state index is 0.103. The van der Waals surface area contributed by atoms with Crippen LogP contribution in [0.25, 0.3) is 0 Å². The molecule has 0 aliphatic carbocycles. The molecule has 206 valence electrons. The van der Waals surface area contributed by atoms with Crippen LogP contribution in [0.15, 0.2) is 0 Å². The Kier molecular flexibility index (Phi) is 31.0. The topological polar surface area (TPSA) is 20.2 Å². The predicted molar refractivity (Wildman–Crippen MR) is 156 cm³/mol. The Bertz CT molecular complexity index is 337. The van der Waals surface area contributed by atoms with Gasteiger partial charge in [0.25, 0.3) is 0 Å². The van der Waals surface area contributed by atoms with E-state index in [1.807, 2.05) is 6.92 Å². The highest BCUT2D eigenvalue weighted by Crippen LogP contribution is 2.16. The third-order valence-electron chi connectivity index (χ3n) is 7.73. The Hall–Kier alpha value is -0.0400. The molecule has 0 amide bonds. The van der Waals surface area contributed by atoms with Crippen LogP contribution in [0.5, 0.6) is 0 Å². The summed E-state index contributed by atoms with van der Waals surface area (Å²) in [4.78, 5) is 0. The average molecular weight is 481 g/mol. The summed E-state index contributed by atoms with van der Waals surface area (Å²) in [7, 11) is 0. The molecule has 0 saturated carbocycles. The largest absolute Gasteiger partial charge is 0.393 e. The van der Waals surface area contributed by atoms with Crippen LogP contribution >= 0.6 is 0 Å². The zero-order valence-corrected chi connectivity index (χ0v) is 24.2. The molecule has 0 heterocycles. The second-order valence-corrected chi connectivity index (χ2v) is 11.5. The normalized spacial score (nSPS) is 12.4. The Morgan fingerprint density at radius 3 is 0.676 bits per heavy atom. The summed E-state index contributed by atoms with van der Waals surface area (Å²) in [6.07, 6.45) is 42.9. The van der Waals surface area contributed by atoms with Gasteiger partial charge in [0.05, 0.1) is 6.10 Å². The van der Waals surface area contributed by atoms with E-state index < -0.39 is 0 Å². The van der Waals surface area contributed by atoms with Crippen molar-refractivity contribution in [3.63, 3.8) is 0 Å². The highest BCUT2D eigenvalue weighted by Gasteiger charge is 1.98. The van der Waals surface area contributed by atoms with Gasteiger partial charge in [-0.3, -0.25) is 0 Å². The van der Waals surface area contributed by atoms with Crippen molar-refractivity contribution in [1.82, 2.24) is 0 Å². The van der Waals surface area contributed by atoms with E-state index in [0.717, 1.165) is 6.42 Å². The minimum Gasteiger partial charge on any atom is -0.393 e. The summed E-state index contributed by atoms with van der Waals surface area (Å²) in [6.45, 7) is 4.21. The van der Waals surface area contributed by atoms with Gasteiger partial charge in [-0.05, 0) is 13.3 Å². The summed E-state index contributed by atoms with van der Waals surface area (Å²) in [5, 5.41) is 9.25. The van der Waals surface area contributed by atoms with Crippen LogP contribution in [0.1, 0.15) is 206 Å². The van der Waals surface area contributed by atoms with Gasteiger partial charge in [0.15, 0.2) is 0 Å². The van der Waals surface area contributed by atoms with Crippen molar-refractivity contribution in [2.24, 2.45) is 0 Å². The second kappa shape index (κ2) is 31.0. The van der Waals surface area contributed by atoms with Crippen LogP contribution in [-0.2, 0) is 0 Å². The van der Waals surface area contributed by atoms with E-state index in [2.05, 4.69) is 6.92 Å². The lowest BCUT2D eigenvalue weighted by atomic mass is 10.0. The Morgan fingerprint density at radius 1 is 0.324 bits per heavy atom. The fourth-order valence-corrected chi connectivity index (χ4v) is 5.29. The molecule has 0 rings (SSSR count). The molecular weight excluding hydrogens is 412 g/mol. The molecule has 0 fully saturated rings. The summed E-state index contributed by atoms with van der Waals surface area (Å²) in [5.74, 6) is 0. The summed E-state index contributed by atoms with van der Waals surface area (Å²) < 4.78 is 0. The lowest BCUT2D eigenvalue weighted by Gasteiger charge is -2.05. The van der Waals surface area contributed by atoms with Crippen LogP contribution in [0.2, 0.25) is 0 Å². The lowest BCUT2D eigenvalue weighted by molar-refractivity contribution is 0.180. The minimum atomic E-state index is -0.103. The molecule has 0 spiro atoms. The monoisotopic (exact) mass is 481 g/mol. The number of aliphatic hydroxyl groups is 1. The van der Waals surface area contributed by atoms with Crippen LogP contribution in [-0.4, -0.2) is 11.2 Å². The standard InChI is InChI=1S/C33H68O/c1-3-4-5-6-7-8-9-10-11-12-13-14-15-16-17-18-19-20-21-22-23-24-25-26-27-28-29-30-31-32-33(2)34/h33-34H,3-32H2,1-2H3. The molecule has 0 bridgehead atoms. The van der Waals surface area contributed by atoms with E-state index in [0.29, 0.717) is 0 Å². The van der Waals surface area contributed by atoms with Crippen LogP contribution in [0.3, 0.4) is 0 Å². The molecule has 1 nitrogen and oxygen atoms in total. The van der Waals surface area contributed by atoms with Crippen molar-refractivity contribution < 1.29 is 5.11 Å². The Balaban J connectivity index is 3.00. The number of hydrogen-bond donors (Lipinski definition) is 1. The molecular formula is C33H68O. The maximum absolute atomic E-state index is 9.25. The maximum Gasteiger partial charge on any atom is 0.0512 e. The zero-order chi connectivity index (χ0) is 24.8. The highest BCUT2D eigenvalue weighted by molar-refractivity contribution is 4.53. The lowest BCUT2D eigenvalue weighted by Crippen LogP contribution is -1.98. The van der Waals surface area contributed by atoms with E-state index in [9.17, 15) is 5.11 Å². The van der Waals surface area contributed by atoms with Crippen molar-refractivity contribution in [1.29, 1.82) is 0 Å². The highest BCUT2D eigenvalue weighted by atomic mass is 16.3. The van der Waals surface area contributed by atoms with Gasteiger partial charge in [0.1, 0.15) is 0 Å². The molecule has 0 saturated heterocycles. The van der Waals surface area contributed by atoms with Gasteiger partial charge >= 0.3 is 0 Å². The number of aliphatic hydroxyl groups excluding tert-OH is 1. The van der Waals surface area contributed by atoms with Crippen molar-refractivity contribution in [3.8, 4) is 0 Å². The van der Waals surface area contributed by atoms with Gasteiger partial charge in [-0.25, -0.2) is 0 Å². The SMILES string of the molecule is CCCCCCCCCCCCCCCCCCCCCCCCCCCCCCCC(C)O. The fraction of sp³-hybridized carbons (Fsp3) is 1.00. The molecule has 1 unspecified atom stereocenters. The van der Waals surface area contributed by atoms with Crippen molar-refractivity contribution in [2.75, 3.05) is 0 Å². The van der Waals surface area contributed by atoms with E-state index in [-0.39, 0.29) is 6.10 Å². The first-order valence-electron chi connectivity index (χ1n) is 16.5. The summed E-state index contributed by atoms with van der Waals surface area (Å²) in [5.41, 5.74) is 0. The molecule has 0 aromatic carbocycles. The smallest absolute Gasteiger partial charge is 0.0512 e. The first kappa shape index (κ1) is 34.0. The summed E-state index contributed by atoms with van der Waals surface area (Å²) in [6, 6.07) is 0. The van der Waals surface area contributed by atoms with Gasteiger partial charge in [-0.1, -0.05) is 193 Å². The van der Waals surface area contributed by atoms with Gasteiger partial charge in [0, 0.05) is 0 Å². The summed E-state index contributed by atoms with van der Waals surface area (Å²) >= 11 is 0. The van der Waals surface area contributed by atoms with Crippen molar-refractivity contribution in [2.45, 2.75) is 213 Å². The van der Waals surface area contributed by atoms with Crippen LogP contribution in [0, 0.1) is 0 Å². The first-order chi connectivity index (χ1) is 16.8. The Morgan fingerprint density at radius 2 is 0.500 bits per heavy atom. The molecule has 0 radical (unpaired) electrons. The number of rotatable bonds is 30. The van der Waals surface area contributed by atoms with Gasteiger partial charge in [-0.2, -0.15) is 0 Å². The molecule has 1 N–H and O–H groups in total. The number of unbranched alkanes of at least 4 members (excludes halogenated alkanes) is 28. The van der Waals surface area contributed by atoms with E-state index in [1.54, 1.807) is 0 Å². The van der Waals surface area contributed by atoms with Gasteiger partial charge in [-0.15, -0.1) is 0 Å². The zero-order valence-electron chi connectivity index (χ0n) is 24.2. The predicted octanol–water partition coefficient (Wildman–Crippen LogP) is 12.1. The van der Waals surface area contributed by atoms with Gasteiger partial charge in [0.2, 0.25) is 0 Å². The number of hydrogen-bond acceptors (Lipinski definition) is 1. The molecule has 34 heavy (non-hydrogen) atoms. The molecule has 1 heteroatoms. The van der Waals surface area contributed by atoms with Crippen molar-refractivity contribution >= 4 is 0 Å². The van der Waals surface area contributed by atoms with E-state index in [4.69, 9.17) is 0 Å². The second-order valence-electron chi connectivity index (χ2n) is 11.5. The maximum atomic E-state index is 9.25.